The van der Waals surface area contributed by atoms with Crippen LogP contribution >= 0.6 is 0 Å². The van der Waals surface area contributed by atoms with Crippen molar-refractivity contribution < 1.29 is 9.26 Å². The number of nitrogens with two attached hydrogens (primary N) is 1. The Hall–Kier alpha value is -1.88. The van der Waals surface area contributed by atoms with Gasteiger partial charge in [0.2, 0.25) is 5.89 Å². The average Bonchev–Trinajstić information content (AvgIpc) is 2.88. The SMILES string of the molecule is COc1cccc(Cc2noc(C(C)CCN)n2)c1. The Morgan fingerprint density at radius 1 is 1.42 bits per heavy atom. The predicted octanol–water partition coefficient (Wildman–Crippen LogP) is 2.12. The molecule has 102 valence electrons. The van der Waals surface area contributed by atoms with Crippen molar-refractivity contribution in [3.05, 3.63) is 41.5 Å². The summed E-state index contributed by atoms with van der Waals surface area (Å²) in [5.74, 6) is 2.38. The fourth-order valence-corrected chi connectivity index (χ4v) is 1.88. The lowest BCUT2D eigenvalue weighted by Gasteiger charge is -2.02. The zero-order valence-corrected chi connectivity index (χ0v) is 11.3. The Morgan fingerprint density at radius 3 is 3.00 bits per heavy atom. The van der Waals surface area contributed by atoms with Gasteiger partial charge in [-0.05, 0) is 30.7 Å². The molecule has 1 aromatic carbocycles. The van der Waals surface area contributed by atoms with Gasteiger partial charge in [-0.25, -0.2) is 0 Å². The largest absolute Gasteiger partial charge is 0.497 e. The molecule has 0 fully saturated rings. The van der Waals surface area contributed by atoms with Crippen LogP contribution in [0.2, 0.25) is 0 Å². The van der Waals surface area contributed by atoms with Gasteiger partial charge in [0.1, 0.15) is 5.75 Å². The van der Waals surface area contributed by atoms with E-state index in [1.807, 2.05) is 31.2 Å². The van der Waals surface area contributed by atoms with E-state index in [1.165, 1.54) is 0 Å². The molecule has 1 atom stereocenters. The Labute approximate surface area is 112 Å². The van der Waals surface area contributed by atoms with E-state index in [0.29, 0.717) is 24.7 Å². The van der Waals surface area contributed by atoms with Crippen molar-refractivity contribution in [2.75, 3.05) is 13.7 Å². The summed E-state index contributed by atoms with van der Waals surface area (Å²) in [6.45, 7) is 2.66. The number of ether oxygens (including phenoxy) is 1. The fourth-order valence-electron chi connectivity index (χ4n) is 1.88. The first-order chi connectivity index (χ1) is 9.22. The minimum absolute atomic E-state index is 0.205. The summed E-state index contributed by atoms with van der Waals surface area (Å²) in [5, 5.41) is 4.00. The smallest absolute Gasteiger partial charge is 0.229 e. The molecule has 0 radical (unpaired) electrons. The molecule has 0 aliphatic carbocycles. The van der Waals surface area contributed by atoms with E-state index in [9.17, 15) is 0 Å². The second-order valence-electron chi connectivity index (χ2n) is 4.56. The topological polar surface area (TPSA) is 74.2 Å². The molecule has 0 saturated heterocycles. The van der Waals surface area contributed by atoms with Crippen molar-refractivity contribution in [2.45, 2.75) is 25.7 Å². The monoisotopic (exact) mass is 261 g/mol. The number of hydrogen-bond acceptors (Lipinski definition) is 5. The van der Waals surface area contributed by atoms with Crippen molar-refractivity contribution in [3.8, 4) is 5.75 Å². The molecule has 0 spiro atoms. The highest BCUT2D eigenvalue weighted by atomic mass is 16.5. The molecule has 2 aromatic rings. The van der Waals surface area contributed by atoms with Crippen LogP contribution in [0.25, 0.3) is 0 Å². The minimum Gasteiger partial charge on any atom is -0.497 e. The number of rotatable bonds is 6. The van der Waals surface area contributed by atoms with Crippen LogP contribution < -0.4 is 10.5 Å². The molecule has 0 aliphatic heterocycles. The second-order valence-corrected chi connectivity index (χ2v) is 4.56. The summed E-state index contributed by atoms with van der Waals surface area (Å²) in [4.78, 5) is 4.41. The minimum atomic E-state index is 0.205. The quantitative estimate of drug-likeness (QED) is 0.862. The molecule has 2 N–H and O–H groups in total. The summed E-state index contributed by atoms with van der Waals surface area (Å²) in [7, 11) is 1.65. The van der Waals surface area contributed by atoms with Crippen molar-refractivity contribution in [1.29, 1.82) is 0 Å². The first-order valence-electron chi connectivity index (χ1n) is 6.38. The van der Waals surface area contributed by atoms with Gasteiger partial charge in [0.15, 0.2) is 5.82 Å². The van der Waals surface area contributed by atoms with Gasteiger partial charge in [-0.3, -0.25) is 0 Å². The average molecular weight is 261 g/mol. The predicted molar refractivity (Wildman–Crippen MR) is 72.2 cm³/mol. The number of hydrogen-bond donors (Lipinski definition) is 1. The molecule has 1 unspecified atom stereocenters. The van der Waals surface area contributed by atoms with Crippen LogP contribution in [-0.2, 0) is 6.42 Å². The lowest BCUT2D eigenvalue weighted by Crippen LogP contribution is -2.04. The molecule has 0 saturated carbocycles. The van der Waals surface area contributed by atoms with Crippen molar-refractivity contribution in [1.82, 2.24) is 10.1 Å². The van der Waals surface area contributed by atoms with E-state index in [-0.39, 0.29) is 5.92 Å². The van der Waals surface area contributed by atoms with Gasteiger partial charge in [0.05, 0.1) is 7.11 Å². The number of methoxy groups -OCH3 is 1. The molecule has 1 heterocycles. The first kappa shape index (κ1) is 13.5. The van der Waals surface area contributed by atoms with E-state index < -0.39 is 0 Å². The molecule has 2 rings (SSSR count). The second kappa shape index (κ2) is 6.33. The molecular weight excluding hydrogens is 242 g/mol. The number of benzene rings is 1. The fraction of sp³-hybridized carbons (Fsp3) is 0.429. The molecule has 5 nitrogen and oxygen atoms in total. The van der Waals surface area contributed by atoms with Crippen LogP contribution in [0, 0.1) is 0 Å². The van der Waals surface area contributed by atoms with Crippen LogP contribution in [0.4, 0.5) is 0 Å². The van der Waals surface area contributed by atoms with Gasteiger partial charge in [-0.15, -0.1) is 0 Å². The molecule has 0 bridgehead atoms. The summed E-state index contributed by atoms with van der Waals surface area (Å²) in [6, 6.07) is 7.85. The maximum Gasteiger partial charge on any atom is 0.229 e. The Morgan fingerprint density at radius 2 is 2.26 bits per heavy atom. The van der Waals surface area contributed by atoms with Crippen LogP contribution in [0.5, 0.6) is 5.75 Å². The standard InChI is InChI=1S/C14H19N3O2/c1-10(6-7-15)14-16-13(17-19-14)9-11-4-3-5-12(8-11)18-2/h3-5,8,10H,6-7,9,15H2,1-2H3. The third-order valence-electron chi connectivity index (χ3n) is 3.00. The van der Waals surface area contributed by atoms with Gasteiger partial charge in [-0.2, -0.15) is 4.98 Å². The highest BCUT2D eigenvalue weighted by Crippen LogP contribution is 2.18. The van der Waals surface area contributed by atoms with Gasteiger partial charge in [-0.1, -0.05) is 24.2 Å². The lowest BCUT2D eigenvalue weighted by molar-refractivity contribution is 0.351. The Balaban J connectivity index is 2.06. The molecule has 5 heteroatoms. The molecular formula is C14H19N3O2. The number of aromatic nitrogens is 2. The highest BCUT2D eigenvalue weighted by Gasteiger charge is 2.13. The molecule has 0 amide bonds. The van der Waals surface area contributed by atoms with E-state index in [0.717, 1.165) is 17.7 Å². The summed E-state index contributed by atoms with van der Waals surface area (Å²) < 4.78 is 10.4. The number of nitrogens with zero attached hydrogens (tertiary/aromatic N) is 2. The van der Waals surface area contributed by atoms with Crippen molar-refractivity contribution in [3.63, 3.8) is 0 Å². The van der Waals surface area contributed by atoms with Crippen LogP contribution in [0.3, 0.4) is 0 Å². The zero-order valence-electron chi connectivity index (χ0n) is 11.3. The third-order valence-corrected chi connectivity index (χ3v) is 3.00. The summed E-state index contributed by atoms with van der Waals surface area (Å²) >= 11 is 0. The molecule has 19 heavy (non-hydrogen) atoms. The normalized spacial score (nSPS) is 12.4. The molecule has 0 aliphatic rings. The van der Waals surface area contributed by atoms with E-state index in [4.69, 9.17) is 15.0 Å². The maximum atomic E-state index is 5.53. The molecule has 1 aromatic heterocycles. The summed E-state index contributed by atoms with van der Waals surface area (Å²) in [5.41, 5.74) is 6.62. The van der Waals surface area contributed by atoms with E-state index in [2.05, 4.69) is 10.1 Å². The van der Waals surface area contributed by atoms with Crippen molar-refractivity contribution in [2.24, 2.45) is 5.73 Å². The van der Waals surface area contributed by atoms with Crippen LogP contribution in [-0.4, -0.2) is 23.8 Å². The van der Waals surface area contributed by atoms with Gasteiger partial charge in [0, 0.05) is 12.3 Å². The zero-order chi connectivity index (χ0) is 13.7. The highest BCUT2D eigenvalue weighted by molar-refractivity contribution is 5.30. The van der Waals surface area contributed by atoms with Crippen molar-refractivity contribution >= 4 is 0 Å². The van der Waals surface area contributed by atoms with Gasteiger partial charge < -0.3 is 15.0 Å². The third kappa shape index (κ3) is 3.54. The maximum absolute atomic E-state index is 5.53. The van der Waals surface area contributed by atoms with Gasteiger partial charge in [0.25, 0.3) is 0 Å². The van der Waals surface area contributed by atoms with E-state index in [1.54, 1.807) is 7.11 Å². The van der Waals surface area contributed by atoms with Crippen LogP contribution in [0.1, 0.15) is 36.5 Å². The Kier molecular flexibility index (Phi) is 4.52. The summed E-state index contributed by atoms with van der Waals surface area (Å²) in [6.07, 6.45) is 1.48. The van der Waals surface area contributed by atoms with Gasteiger partial charge >= 0.3 is 0 Å². The first-order valence-corrected chi connectivity index (χ1v) is 6.38. The van der Waals surface area contributed by atoms with E-state index >= 15 is 0 Å². The Bertz CT molecular complexity index is 525. The van der Waals surface area contributed by atoms with Crippen LogP contribution in [0.15, 0.2) is 28.8 Å². The lowest BCUT2D eigenvalue weighted by atomic mass is 10.1.